The van der Waals surface area contributed by atoms with Crippen LogP contribution >= 0.6 is 0 Å². The van der Waals surface area contributed by atoms with Crippen LogP contribution in [0, 0.1) is 5.92 Å². The van der Waals surface area contributed by atoms with Crippen LogP contribution < -0.4 is 4.74 Å². The minimum Gasteiger partial charge on any atom is -0.491 e. The van der Waals surface area contributed by atoms with E-state index in [1.165, 1.54) is 0 Å². The van der Waals surface area contributed by atoms with Crippen molar-refractivity contribution in [2.24, 2.45) is 5.92 Å². The first kappa shape index (κ1) is 13.1. The molecule has 0 bridgehead atoms. The highest BCUT2D eigenvalue weighted by Crippen LogP contribution is 2.26. The number of ketones is 1. The van der Waals surface area contributed by atoms with E-state index in [1.807, 2.05) is 30.3 Å². The molecule has 0 saturated heterocycles. The Hall–Kier alpha value is -1.35. The molecular formula is C15H20O3. The lowest BCUT2D eigenvalue weighted by molar-refractivity contribution is -0.117. The van der Waals surface area contributed by atoms with E-state index in [0.29, 0.717) is 31.1 Å². The summed E-state index contributed by atoms with van der Waals surface area (Å²) in [4.78, 5) is 11.1. The van der Waals surface area contributed by atoms with Gasteiger partial charge in [-0.3, -0.25) is 4.79 Å². The third-order valence-corrected chi connectivity index (χ3v) is 3.44. The van der Waals surface area contributed by atoms with Gasteiger partial charge in [0.15, 0.2) is 0 Å². The van der Waals surface area contributed by atoms with Gasteiger partial charge in [0.05, 0.1) is 6.10 Å². The third kappa shape index (κ3) is 4.15. The van der Waals surface area contributed by atoms with E-state index in [0.717, 1.165) is 25.0 Å². The number of aliphatic hydroxyl groups is 1. The summed E-state index contributed by atoms with van der Waals surface area (Å²) < 4.78 is 5.49. The smallest absolute Gasteiger partial charge is 0.133 e. The van der Waals surface area contributed by atoms with Crippen molar-refractivity contribution in [3.05, 3.63) is 30.3 Å². The van der Waals surface area contributed by atoms with Crippen LogP contribution in [0.15, 0.2) is 30.3 Å². The van der Waals surface area contributed by atoms with E-state index in [-0.39, 0.29) is 0 Å². The largest absolute Gasteiger partial charge is 0.491 e. The molecule has 0 unspecified atom stereocenters. The Morgan fingerprint density at radius 1 is 1.33 bits per heavy atom. The van der Waals surface area contributed by atoms with Crippen LogP contribution in [0.2, 0.25) is 0 Å². The number of carbonyl (C=O) groups is 1. The Morgan fingerprint density at radius 3 is 2.78 bits per heavy atom. The van der Waals surface area contributed by atoms with Gasteiger partial charge in [0.25, 0.3) is 0 Å². The predicted molar refractivity (Wildman–Crippen MR) is 69.5 cm³/mol. The molecule has 98 valence electrons. The summed E-state index contributed by atoms with van der Waals surface area (Å²) in [7, 11) is 0. The Bertz CT molecular complexity index is 375. The molecule has 1 aromatic rings. The number of rotatable bonds is 6. The second-order valence-electron chi connectivity index (χ2n) is 5.00. The zero-order valence-electron chi connectivity index (χ0n) is 10.5. The van der Waals surface area contributed by atoms with Crippen LogP contribution in [0.1, 0.15) is 32.1 Å². The summed E-state index contributed by atoms with van der Waals surface area (Å²) in [6, 6.07) is 9.50. The molecular weight excluding hydrogens is 228 g/mol. The average molecular weight is 248 g/mol. The number of hydrogen-bond acceptors (Lipinski definition) is 3. The SMILES string of the molecule is O=C1CC[C@H](CC[C@@H](O)COc2ccccc2)C1. The normalized spacial score (nSPS) is 20.9. The standard InChI is InChI=1S/C15H20O3/c16-13-8-6-12(10-13)7-9-14(17)11-18-15-4-2-1-3-5-15/h1-5,12,14,17H,6-11H2/t12-,14-/m1/s1. The van der Waals surface area contributed by atoms with Crippen LogP contribution in [-0.2, 0) is 4.79 Å². The lowest BCUT2D eigenvalue weighted by Gasteiger charge is -2.14. The molecule has 2 atom stereocenters. The first-order valence-electron chi connectivity index (χ1n) is 6.61. The van der Waals surface area contributed by atoms with Gasteiger partial charge in [-0.1, -0.05) is 18.2 Å². The molecule has 0 aromatic heterocycles. The molecule has 3 nitrogen and oxygen atoms in total. The van der Waals surface area contributed by atoms with Crippen molar-refractivity contribution >= 4 is 5.78 Å². The Balaban J connectivity index is 1.63. The molecule has 0 heterocycles. The molecule has 0 spiro atoms. The predicted octanol–water partition coefficient (Wildman–Crippen LogP) is 2.58. The van der Waals surface area contributed by atoms with E-state index < -0.39 is 6.10 Å². The van der Waals surface area contributed by atoms with Gasteiger partial charge >= 0.3 is 0 Å². The molecule has 3 heteroatoms. The van der Waals surface area contributed by atoms with Crippen molar-refractivity contribution in [2.75, 3.05) is 6.61 Å². The summed E-state index contributed by atoms with van der Waals surface area (Å²) >= 11 is 0. The van der Waals surface area contributed by atoms with Crippen molar-refractivity contribution < 1.29 is 14.6 Å². The van der Waals surface area contributed by atoms with Gasteiger partial charge in [0.2, 0.25) is 0 Å². The number of hydrogen-bond donors (Lipinski definition) is 1. The van der Waals surface area contributed by atoms with Crippen molar-refractivity contribution in [1.29, 1.82) is 0 Å². The maximum absolute atomic E-state index is 11.1. The fourth-order valence-corrected chi connectivity index (χ4v) is 2.36. The zero-order valence-corrected chi connectivity index (χ0v) is 10.5. The molecule has 0 aliphatic heterocycles. The lowest BCUT2D eigenvalue weighted by Crippen LogP contribution is -2.18. The van der Waals surface area contributed by atoms with E-state index in [9.17, 15) is 9.90 Å². The molecule has 1 saturated carbocycles. The van der Waals surface area contributed by atoms with Crippen LogP contribution in [0.5, 0.6) is 5.75 Å². The molecule has 2 rings (SSSR count). The number of para-hydroxylation sites is 1. The van der Waals surface area contributed by atoms with E-state index >= 15 is 0 Å². The second-order valence-corrected chi connectivity index (χ2v) is 5.00. The number of ether oxygens (including phenoxy) is 1. The maximum Gasteiger partial charge on any atom is 0.133 e. The summed E-state index contributed by atoms with van der Waals surface area (Å²) in [5.74, 6) is 1.63. The zero-order chi connectivity index (χ0) is 12.8. The average Bonchev–Trinajstić information content (AvgIpc) is 2.81. The Labute approximate surface area is 108 Å². The van der Waals surface area contributed by atoms with Crippen molar-refractivity contribution in [2.45, 2.75) is 38.2 Å². The number of benzene rings is 1. The Kier molecular flexibility index (Phi) is 4.76. The minimum absolute atomic E-state index is 0.324. The van der Waals surface area contributed by atoms with Gasteiger partial charge in [-0.15, -0.1) is 0 Å². The first-order valence-corrected chi connectivity index (χ1v) is 6.61. The summed E-state index contributed by atoms with van der Waals surface area (Å²) in [6.07, 6.45) is 3.61. The highest BCUT2D eigenvalue weighted by Gasteiger charge is 2.22. The van der Waals surface area contributed by atoms with Crippen molar-refractivity contribution in [3.63, 3.8) is 0 Å². The van der Waals surface area contributed by atoms with Crippen LogP contribution in [0.4, 0.5) is 0 Å². The third-order valence-electron chi connectivity index (χ3n) is 3.44. The quantitative estimate of drug-likeness (QED) is 0.841. The van der Waals surface area contributed by atoms with Gasteiger partial charge in [-0.2, -0.15) is 0 Å². The Morgan fingerprint density at radius 2 is 2.11 bits per heavy atom. The van der Waals surface area contributed by atoms with E-state index in [4.69, 9.17) is 4.74 Å². The molecule has 1 aliphatic rings. The maximum atomic E-state index is 11.1. The molecule has 0 radical (unpaired) electrons. The molecule has 1 aliphatic carbocycles. The summed E-state index contributed by atoms with van der Waals surface area (Å²) in [5.41, 5.74) is 0. The number of aliphatic hydroxyl groups excluding tert-OH is 1. The van der Waals surface area contributed by atoms with Gasteiger partial charge in [0, 0.05) is 12.8 Å². The summed E-state index contributed by atoms with van der Waals surface area (Å²) in [6.45, 7) is 0.324. The van der Waals surface area contributed by atoms with Gasteiger partial charge in [-0.05, 0) is 37.3 Å². The van der Waals surface area contributed by atoms with Crippen LogP contribution in [-0.4, -0.2) is 23.6 Å². The molecule has 1 N–H and O–H groups in total. The van der Waals surface area contributed by atoms with Crippen LogP contribution in [0.3, 0.4) is 0 Å². The first-order chi connectivity index (χ1) is 8.74. The van der Waals surface area contributed by atoms with Gasteiger partial charge < -0.3 is 9.84 Å². The summed E-state index contributed by atoms with van der Waals surface area (Å²) in [5, 5.41) is 9.83. The fourth-order valence-electron chi connectivity index (χ4n) is 2.36. The number of carbonyl (C=O) groups excluding carboxylic acids is 1. The van der Waals surface area contributed by atoms with E-state index in [1.54, 1.807) is 0 Å². The molecule has 1 fully saturated rings. The topological polar surface area (TPSA) is 46.5 Å². The lowest BCUT2D eigenvalue weighted by atomic mass is 10.00. The van der Waals surface area contributed by atoms with E-state index in [2.05, 4.69) is 0 Å². The van der Waals surface area contributed by atoms with Gasteiger partial charge in [0.1, 0.15) is 18.1 Å². The van der Waals surface area contributed by atoms with Crippen molar-refractivity contribution in [1.82, 2.24) is 0 Å². The highest BCUT2D eigenvalue weighted by atomic mass is 16.5. The minimum atomic E-state index is -0.444. The monoisotopic (exact) mass is 248 g/mol. The number of Topliss-reactive ketones (excluding diaryl/α,β-unsaturated/α-hetero) is 1. The molecule has 0 amide bonds. The van der Waals surface area contributed by atoms with Crippen LogP contribution in [0.25, 0.3) is 0 Å². The second kappa shape index (κ2) is 6.55. The fraction of sp³-hybridized carbons (Fsp3) is 0.533. The van der Waals surface area contributed by atoms with Crippen molar-refractivity contribution in [3.8, 4) is 5.75 Å². The molecule has 18 heavy (non-hydrogen) atoms. The molecule has 1 aromatic carbocycles. The van der Waals surface area contributed by atoms with Gasteiger partial charge in [-0.25, -0.2) is 0 Å². The highest BCUT2D eigenvalue weighted by molar-refractivity contribution is 5.80.